The summed E-state index contributed by atoms with van der Waals surface area (Å²) in [5.41, 5.74) is 2.59. The molecule has 23 heavy (non-hydrogen) atoms. The normalized spacial score (nSPS) is 10.8. The Labute approximate surface area is 132 Å². The van der Waals surface area contributed by atoms with Crippen molar-refractivity contribution in [3.8, 4) is 22.8 Å². The first kappa shape index (κ1) is 13.3. The summed E-state index contributed by atoms with van der Waals surface area (Å²) < 4.78 is 11.1. The molecule has 0 unspecified atom stereocenters. The Morgan fingerprint density at radius 2 is 1.22 bits per heavy atom. The Kier molecular flexibility index (Phi) is 3.16. The van der Waals surface area contributed by atoms with Crippen LogP contribution in [0.1, 0.15) is 0 Å². The lowest BCUT2D eigenvalue weighted by atomic mass is 10.2. The highest BCUT2D eigenvalue weighted by Gasteiger charge is 2.15. The van der Waals surface area contributed by atoms with Gasteiger partial charge >= 0.3 is 0 Å². The number of ether oxygens (including phenoxy) is 1. The fraction of sp³-hybridized carbons (Fsp3) is 0. The van der Waals surface area contributed by atoms with E-state index in [1.165, 1.54) is 0 Å². The van der Waals surface area contributed by atoms with Gasteiger partial charge in [-0.3, -0.25) is 0 Å². The SMILES string of the molecule is [CH2]Oc1c(-n2ccnc2)cc(-n2ccnc2)cc1-n1ccnc1. The van der Waals surface area contributed by atoms with Gasteiger partial charge in [0.25, 0.3) is 0 Å². The van der Waals surface area contributed by atoms with Gasteiger partial charge in [0, 0.05) is 37.2 Å². The van der Waals surface area contributed by atoms with Gasteiger partial charge in [0.15, 0.2) is 5.75 Å². The van der Waals surface area contributed by atoms with Gasteiger partial charge in [-0.2, -0.15) is 0 Å². The zero-order chi connectivity index (χ0) is 15.6. The Morgan fingerprint density at radius 1 is 0.739 bits per heavy atom. The second-order valence-corrected chi connectivity index (χ2v) is 4.87. The van der Waals surface area contributed by atoms with Crippen molar-refractivity contribution in [3.63, 3.8) is 0 Å². The van der Waals surface area contributed by atoms with Crippen LogP contribution in [0, 0.1) is 7.11 Å². The molecule has 4 rings (SSSR count). The van der Waals surface area contributed by atoms with Crippen molar-refractivity contribution in [3.05, 3.63) is 75.4 Å². The molecule has 0 fully saturated rings. The Morgan fingerprint density at radius 3 is 1.61 bits per heavy atom. The second-order valence-electron chi connectivity index (χ2n) is 4.87. The van der Waals surface area contributed by atoms with Crippen molar-refractivity contribution in [2.24, 2.45) is 0 Å². The third kappa shape index (κ3) is 2.28. The van der Waals surface area contributed by atoms with Crippen molar-refractivity contribution in [2.75, 3.05) is 0 Å². The van der Waals surface area contributed by atoms with Gasteiger partial charge in [0.05, 0.1) is 36.0 Å². The molecule has 0 bridgehead atoms. The molecular formula is C16H13N6O. The number of hydrogen-bond donors (Lipinski definition) is 0. The predicted octanol–water partition coefficient (Wildman–Crippen LogP) is 2.41. The number of rotatable bonds is 4. The third-order valence-electron chi connectivity index (χ3n) is 3.55. The van der Waals surface area contributed by atoms with Gasteiger partial charge in [-0.15, -0.1) is 0 Å². The monoisotopic (exact) mass is 305 g/mol. The maximum atomic E-state index is 5.42. The van der Waals surface area contributed by atoms with Crippen LogP contribution in [0.3, 0.4) is 0 Å². The van der Waals surface area contributed by atoms with Crippen molar-refractivity contribution < 1.29 is 4.74 Å². The van der Waals surface area contributed by atoms with Gasteiger partial charge in [0.2, 0.25) is 0 Å². The Bertz CT molecular complexity index is 839. The van der Waals surface area contributed by atoms with Crippen LogP contribution >= 0.6 is 0 Å². The van der Waals surface area contributed by atoms with Crippen molar-refractivity contribution in [1.29, 1.82) is 0 Å². The van der Waals surface area contributed by atoms with Crippen molar-refractivity contribution in [2.45, 2.75) is 0 Å². The van der Waals surface area contributed by atoms with Crippen LogP contribution in [0.4, 0.5) is 0 Å². The fourth-order valence-corrected chi connectivity index (χ4v) is 2.48. The van der Waals surface area contributed by atoms with E-state index in [0.717, 1.165) is 17.1 Å². The van der Waals surface area contributed by atoms with Gasteiger partial charge in [-0.25, -0.2) is 15.0 Å². The molecule has 4 aromatic rings. The molecule has 0 N–H and O–H groups in total. The third-order valence-corrected chi connectivity index (χ3v) is 3.55. The molecular weight excluding hydrogens is 292 g/mol. The van der Waals surface area contributed by atoms with Crippen LogP contribution in [0.15, 0.2) is 68.3 Å². The molecule has 7 heteroatoms. The molecule has 0 spiro atoms. The summed E-state index contributed by atoms with van der Waals surface area (Å²) in [4.78, 5) is 12.3. The smallest absolute Gasteiger partial charge is 0.167 e. The van der Waals surface area contributed by atoms with E-state index in [-0.39, 0.29) is 0 Å². The van der Waals surface area contributed by atoms with E-state index in [0.29, 0.717) is 5.75 Å². The number of nitrogens with zero attached hydrogens (tertiary/aromatic N) is 6. The van der Waals surface area contributed by atoms with Crippen LogP contribution in [-0.4, -0.2) is 28.7 Å². The number of imidazole rings is 3. The first-order chi connectivity index (χ1) is 11.4. The summed E-state index contributed by atoms with van der Waals surface area (Å²) in [7, 11) is 3.60. The molecule has 3 heterocycles. The minimum atomic E-state index is 0.630. The van der Waals surface area contributed by atoms with E-state index >= 15 is 0 Å². The van der Waals surface area contributed by atoms with Crippen molar-refractivity contribution >= 4 is 0 Å². The topological polar surface area (TPSA) is 62.7 Å². The second kappa shape index (κ2) is 5.45. The first-order valence-electron chi connectivity index (χ1n) is 6.92. The molecule has 0 aliphatic carbocycles. The van der Waals surface area contributed by atoms with Crippen molar-refractivity contribution in [1.82, 2.24) is 28.7 Å². The molecule has 3 aromatic heterocycles. The molecule has 0 saturated carbocycles. The summed E-state index contributed by atoms with van der Waals surface area (Å²) in [5, 5.41) is 0. The highest BCUT2D eigenvalue weighted by atomic mass is 16.5. The molecule has 7 nitrogen and oxygen atoms in total. The van der Waals surface area contributed by atoms with Gasteiger partial charge in [0.1, 0.15) is 7.11 Å². The lowest BCUT2D eigenvalue weighted by molar-refractivity contribution is 0.467. The van der Waals surface area contributed by atoms with Gasteiger partial charge in [-0.1, -0.05) is 0 Å². The predicted molar refractivity (Wildman–Crippen MR) is 83.8 cm³/mol. The first-order valence-corrected chi connectivity index (χ1v) is 6.92. The van der Waals surface area contributed by atoms with E-state index in [4.69, 9.17) is 4.74 Å². The van der Waals surface area contributed by atoms with Crippen LogP contribution < -0.4 is 4.74 Å². The standard InChI is InChI=1S/C16H13N6O/c1-23-16-14(21-6-3-18-11-21)8-13(20-5-2-17-10-20)9-15(16)22-7-4-19-12-22/h2-12H,1H2. The average molecular weight is 305 g/mol. The highest BCUT2D eigenvalue weighted by Crippen LogP contribution is 2.33. The van der Waals surface area contributed by atoms with E-state index in [9.17, 15) is 0 Å². The zero-order valence-electron chi connectivity index (χ0n) is 12.1. The molecule has 1 aromatic carbocycles. The average Bonchev–Trinajstić information content (AvgIpc) is 3.37. The lowest BCUT2D eigenvalue weighted by Gasteiger charge is -2.17. The molecule has 113 valence electrons. The quantitative estimate of drug-likeness (QED) is 0.581. The van der Waals surface area contributed by atoms with Gasteiger partial charge < -0.3 is 18.4 Å². The number of aromatic nitrogens is 6. The van der Waals surface area contributed by atoms with Gasteiger partial charge in [-0.05, 0) is 12.1 Å². The van der Waals surface area contributed by atoms with Crippen LogP contribution in [-0.2, 0) is 0 Å². The van der Waals surface area contributed by atoms with E-state index < -0.39 is 0 Å². The van der Waals surface area contributed by atoms with E-state index in [1.54, 1.807) is 37.6 Å². The molecule has 0 saturated heterocycles. The summed E-state index contributed by atoms with van der Waals surface area (Å²) in [6.07, 6.45) is 15.9. The summed E-state index contributed by atoms with van der Waals surface area (Å²) in [6.45, 7) is 0. The molecule has 0 aliphatic rings. The Balaban J connectivity index is 2.01. The van der Waals surface area contributed by atoms with Crippen LogP contribution in [0.25, 0.3) is 17.1 Å². The largest absolute Gasteiger partial charge is 0.486 e. The maximum Gasteiger partial charge on any atom is 0.167 e. The fourth-order valence-electron chi connectivity index (χ4n) is 2.48. The highest BCUT2D eigenvalue weighted by molar-refractivity contribution is 5.65. The summed E-state index contributed by atoms with van der Waals surface area (Å²) in [6, 6.07) is 3.98. The van der Waals surface area contributed by atoms with Crippen LogP contribution in [0.2, 0.25) is 0 Å². The summed E-state index contributed by atoms with van der Waals surface area (Å²) in [5.74, 6) is 0.630. The molecule has 0 amide bonds. The number of benzene rings is 1. The van der Waals surface area contributed by atoms with E-state index in [2.05, 4.69) is 22.1 Å². The maximum absolute atomic E-state index is 5.42. The molecule has 1 radical (unpaired) electrons. The summed E-state index contributed by atoms with van der Waals surface area (Å²) >= 11 is 0. The molecule has 0 aliphatic heterocycles. The minimum absolute atomic E-state index is 0.630. The molecule has 0 atom stereocenters. The lowest BCUT2D eigenvalue weighted by Crippen LogP contribution is -2.04. The number of hydrogen-bond acceptors (Lipinski definition) is 4. The Hall–Kier alpha value is -3.35. The minimum Gasteiger partial charge on any atom is -0.486 e. The van der Waals surface area contributed by atoms with E-state index in [1.807, 2.05) is 44.4 Å². The zero-order valence-corrected chi connectivity index (χ0v) is 12.1. The van der Waals surface area contributed by atoms with Crippen LogP contribution in [0.5, 0.6) is 5.75 Å².